The van der Waals surface area contributed by atoms with Crippen molar-refractivity contribution in [1.82, 2.24) is 20.3 Å². The zero-order valence-corrected chi connectivity index (χ0v) is 16.6. The van der Waals surface area contributed by atoms with E-state index in [-0.39, 0.29) is 11.0 Å². The van der Waals surface area contributed by atoms with Gasteiger partial charge in [-0.1, -0.05) is 25.5 Å². The molecule has 2 N–H and O–H groups in total. The Balaban J connectivity index is 1.84. The van der Waals surface area contributed by atoms with E-state index in [1.54, 1.807) is 4.80 Å². The normalized spacial score (nSPS) is 10.8. The zero-order chi connectivity index (χ0) is 19.4. The van der Waals surface area contributed by atoms with E-state index in [4.69, 9.17) is 12.2 Å². The van der Waals surface area contributed by atoms with E-state index in [0.29, 0.717) is 0 Å². The molecule has 0 saturated carbocycles. The van der Waals surface area contributed by atoms with Crippen LogP contribution in [-0.2, 0) is 11.2 Å². The smallest absolute Gasteiger partial charge is 0.222 e. The maximum absolute atomic E-state index is 11.1. The summed E-state index contributed by atoms with van der Waals surface area (Å²) >= 11 is 5.13. The van der Waals surface area contributed by atoms with E-state index in [1.165, 1.54) is 25.3 Å². The van der Waals surface area contributed by atoms with E-state index in [2.05, 4.69) is 39.9 Å². The first-order valence-electron chi connectivity index (χ1n) is 9.02. The van der Waals surface area contributed by atoms with Gasteiger partial charge in [0, 0.05) is 12.6 Å². The number of hydrogen-bond acceptors (Lipinski definition) is 4. The van der Waals surface area contributed by atoms with Gasteiger partial charge in [0.1, 0.15) is 11.0 Å². The number of hydrogen-bond donors (Lipinski definition) is 2. The van der Waals surface area contributed by atoms with Gasteiger partial charge in [-0.05, 0) is 67.4 Å². The van der Waals surface area contributed by atoms with E-state index < -0.39 is 0 Å². The van der Waals surface area contributed by atoms with Crippen molar-refractivity contribution in [3.63, 3.8) is 0 Å². The average Bonchev–Trinajstić information content (AvgIpc) is 3.02. The highest BCUT2D eigenvalue weighted by molar-refractivity contribution is 7.80. The predicted octanol–water partition coefficient (Wildman–Crippen LogP) is 3.90. The van der Waals surface area contributed by atoms with Crippen molar-refractivity contribution >= 4 is 40.0 Å². The highest BCUT2D eigenvalue weighted by Crippen LogP contribution is 2.22. The molecule has 0 atom stereocenters. The van der Waals surface area contributed by atoms with Crippen LogP contribution in [0, 0.1) is 6.92 Å². The van der Waals surface area contributed by atoms with Crippen molar-refractivity contribution in [3.8, 4) is 5.69 Å². The van der Waals surface area contributed by atoms with Crippen LogP contribution in [0.1, 0.15) is 37.8 Å². The summed E-state index contributed by atoms with van der Waals surface area (Å²) in [6.45, 7) is 5.57. The summed E-state index contributed by atoms with van der Waals surface area (Å²) in [5, 5.41) is 15.0. The third-order valence-electron chi connectivity index (χ3n) is 4.25. The number of anilines is 1. The van der Waals surface area contributed by atoms with Gasteiger partial charge in [0.05, 0.1) is 5.69 Å². The molecule has 0 radical (unpaired) electrons. The van der Waals surface area contributed by atoms with Crippen LogP contribution in [0.4, 0.5) is 5.69 Å². The van der Waals surface area contributed by atoms with Gasteiger partial charge >= 0.3 is 0 Å². The Bertz CT molecular complexity index is 978. The van der Waals surface area contributed by atoms with Gasteiger partial charge < -0.3 is 10.6 Å². The summed E-state index contributed by atoms with van der Waals surface area (Å²) in [4.78, 5) is 12.8. The van der Waals surface area contributed by atoms with Crippen molar-refractivity contribution in [3.05, 3.63) is 47.5 Å². The molecule has 3 rings (SSSR count). The van der Waals surface area contributed by atoms with Gasteiger partial charge in [-0.25, -0.2) is 0 Å². The van der Waals surface area contributed by atoms with Gasteiger partial charge in [0.15, 0.2) is 5.11 Å². The van der Waals surface area contributed by atoms with Gasteiger partial charge in [-0.15, -0.1) is 10.2 Å². The molecule has 0 saturated heterocycles. The predicted molar refractivity (Wildman–Crippen MR) is 112 cm³/mol. The summed E-state index contributed by atoms with van der Waals surface area (Å²) in [5.74, 6) is -0.209. The van der Waals surface area contributed by atoms with E-state index in [9.17, 15) is 4.79 Å². The zero-order valence-electron chi connectivity index (χ0n) is 15.7. The molecule has 0 aliphatic carbocycles. The number of amides is 1. The van der Waals surface area contributed by atoms with Crippen LogP contribution < -0.4 is 10.6 Å². The van der Waals surface area contributed by atoms with Crippen LogP contribution in [0.2, 0.25) is 0 Å². The van der Waals surface area contributed by atoms with Crippen molar-refractivity contribution < 1.29 is 4.79 Å². The number of nitrogens with zero attached hydrogens (tertiary/aromatic N) is 3. The first kappa shape index (κ1) is 19.0. The summed E-state index contributed by atoms with van der Waals surface area (Å²) in [6, 6.07) is 12.2. The van der Waals surface area contributed by atoms with Crippen molar-refractivity contribution in [2.24, 2.45) is 0 Å². The third-order valence-corrected chi connectivity index (χ3v) is 4.45. The van der Waals surface area contributed by atoms with Crippen molar-refractivity contribution in [1.29, 1.82) is 0 Å². The molecule has 1 aromatic heterocycles. The lowest BCUT2D eigenvalue weighted by atomic mass is 10.1. The molecular weight excluding hydrogens is 358 g/mol. The Hall–Kier alpha value is -2.80. The number of fused-ring (bicyclic) bond motifs is 1. The van der Waals surface area contributed by atoms with E-state index in [1.807, 2.05) is 31.2 Å². The van der Waals surface area contributed by atoms with Gasteiger partial charge in [-0.2, -0.15) is 4.80 Å². The molecular formula is C20H23N5OS. The number of carbonyl (C=O) groups is 1. The fourth-order valence-corrected chi connectivity index (χ4v) is 3.06. The SMILES string of the molecule is CCCCc1ccc(-n2nc3cc(C)c(NC(=S)NC(C)=O)cc3n2)cc1. The molecule has 1 amide bonds. The highest BCUT2D eigenvalue weighted by Gasteiger charge is 2.10. The second-order valence-corrected chi connectivity index (χ2v) is 6.96. The van der Waals surface area contributed by atoms with Crippen molar-refractivity contribution in [2.75, 3.05) is 5.32 Å². The maximum Gasteiger partial charge on any atom is 0.222 e. The first-order valence-corrected chi connectivity index (χ1v) is 9.42. The largest absolute Gasteiger partial charge is 0.332 e. The lowest BCUT2D eigenvalue weighted by Crippen LogP contribution is -2.32. The van der Waals surface area contributed by atoms with E-state index in [0.717, 1.165) is 34.4 Å². The molecule has 2 aromatic carbocycles. The fourth-order valence-electron chi connectivity index (χ4n) is 2.81. The van der Waals surface area contributed by atoms with Crippen LogP contribution in [0.15, 0.2) is 36.4 Å². The molecule has 7 heteroatoms. The Morgan fingerprint density at radius 2 is 1.81 bits per heavy atom. The third kappa shape index (κ3) is 4.68. The van der Waals surface area contributed by atoms with Gasteiger partial charge in [0.2, 0.25) is 5.91 Å². The molecule has 140 valence electrons. The van der Waals surface area contributed by atoms with Crippen LogP contribution in [0.5, 0.6) is 0 Å². The number of aryl methyl sites for hydroxylation is 2. The molecule has 3 aromatic rings. The van der Waals surface area contributed by atoms with Crippen LogP contribution in [-0.4, -0.2) is 26.0 Å². The topological polar surface area (TPSA) is 71.8 Å². The Morgan fingerprint density at radius 1 is 1.15 bits per heavy atom. The Kier molecular flexibility index (Phi) is 5.81. The maximum atomic E-state index is 11.1. The molecule has 0 fully saturated rings. The number of aromatic nitrogens is 3. The average molecular weight is 382 g/mol. The monoisotopic (exact) mass is 381 g/mol. The second-order valence-electron chi connectivity index (χ2n) is 6.55. The number of benzene rings is 2. The number of unbranched alkanes of at least 4 members (excludes halogenated alkanes) is 1. The molecule has 0 unspecified atom stereocenters. The first-order chi connectivity index (χ1) is 13.0. The Labute approximate surface area is 164 Å². The quantitative estimate of drug-likeness (QED) is 0.656. The fraction of sp³-hybridized carbons (Fsp3) is 0.300. The van der Waals surface area contributed by atoms with Crippen LogP contribution in [0.25, 0.3) is 16.7 Å². The van der Waals surface area contributed by atoms with Crippen molar-refractivity contribution in [2.45, 2.75) is 40.0 Å². The standard InChI is InChI=1S/C20H23N5OS/c1-4-5-6-15-7-9-16(10-8-15)25-23-18-11-13(2)17(12-19(18)24-25)22-20(27)21-14(3)26/h7-12H,4-6H2,1-3H3,(H2,21,22,26,27). The lowest BCUT2D eigenvalue weighted by Gasteiger charge is -2.10. The molecule has 27 heavy (non-hydrogen) atoms. The lowest BCUT2D eigenvalue weighted by molar-refractivity contribution is -0.117. The minimum Gasteiger partial charge on any atom is -0.332 e. The molecule has 0 spiro atoms. The number of rotatable bonds is 5. The second kappa shape index (κ2) is 8.26. The Morgan fingerprint density at radius 3 is 2.44 bits per heavy atom. The van der Waals surface area contributed by atoms with Crippen LogP contribution >= 0.6 is 12.2 Å². The molecule has 1 heterocycles. The highest BCUT2D eigenvalue weighted by atomic mass is 32.1. The summed E-state index contributed by atoms with van der Waals surface area (Å²) < 4.78 is 0. The summed E-state index contributed by atoms with van der Waals surface area (Å²) in [7, 11) is 0. The van der Waals surface area contributed by atoms with Gasteiger partial charge in [0.25, 0.3) is 0 Å². The number of thiocarbonyl (C=S) groups is 1. The van der Waals surface area contributed by atoms with Crippen LogP contribution in [0.3, 0.4) is 0 Å². The van der Waals surface area contributed by atoms with E-state index >= 15 is 0 Å². The number of carbonyl (C=O) groups excluding carboxylic acids is 1. The minimum absolute atomic E-state index is 0.209. The minimum atomic E-state index is -0.209. The number of nitrogens with one attached hydrogen (secondary N) is 2. The molecule has 0 aliphatic heterocycles. The molecule has 0 bridgehead atoms. The molecule has 0 aliphatic rings. The molecule has 6 nitrogen and oxygen atoms in total. The summed E-state index contributed by atoms with van der Waals surface area (Å²) in [6.07, 6.45) is 3.47. The summed E-state index contributed by atoms with van der Waals surface area (Å²) in [5.41, 5.74) is 5.57. The van der Waals surface area contributed by atoms with Gasteiger partial charge in [-0.3, -0.25) is 4.79 Å².